The van der Waals surface area contributed by atoms with Gasteiger partial charge in [0.15, 0.2) is 0 Å². The van der Waals surface area contributed by atoms with Gasteiger partial charge in [-0.2, -0.15) is 13.2 Å². The van der Waals surface area contributed by atoms with Crippen LogP contribution in [0.5, 0.6) is 5.75 Å². The second-order valence-corrected chi connectivity index (χ2v) is 9.03. The zero-order valence-electron chi connectivity index (χ0n) is 20.4. The number of ketones is 1. The van der Waals surface area contributed by atoms with Gasteiger partial charge in [0.2, 0.25) is 0 Å². The van der Waals surface area contributed by atoms with Crippen molar-refractivity contribution in [3.05, 3.63) is 100 Å². The van der Waals surface area contributed by atoms with Crippen molar-refractivity contribution in [1.29, 1.82) is 0 Å². The van der Waals surface area contributed by atoms with Gasteiger partial charge in [0.05, 0.1) is 22.9 Å². The lowest BCUT2D eigenvalue weighted by molar-refractivity contribution is -0.140. The Balaban J connectivity index is 1.80. The van der Waals surface area contributed by atoms with E-state index in [1.165, 1.54) is 18.3 Å². The number of pyridine rings is 1. The number of aliphatic hydroxyl groups is 1. The number of ether oxygens (including phenoxy) is 1. The van der Waals surface area contributed by atoms with Gasteiger partial charge in [-0.15, -0.1) is 0 Å². The van der Waals surface area contributed by atoms with E-state index in [0.717, 1.165) is 17.0 Å². The summed E-state index contributed by atoms with van der Waals surface area (Å²) < 4.78 is 45.5. The SMILES string of the molecule is Cc1cc(/C(O)=C2\C(=O)C(=O)N(Cc3cccc(C(F)(F)F)c3)C2c2ccccn2)ccc1OC(C)C. The number of rotatable bonds is 6. The average Bonchev–Trinajstić information content (AvgIpc) is 3.09. The molecule has 0 aliphatic carbocycles. The van der Waals surface area contributed by atoms with Crippen molar-refractivity contribution in [2.75, 3.05) is 0 Å². The Hall–Kier alpha value is -4.14. The molecule has 1 fully saturated rings. The summed E-state index contributed by atoms with van der Waals surface area (Å²) in [6, 6.07) is 13.3. The van der Waals surface area contributed by atoms with Crippen LogP contribution in [0.4, 0.5) is 13.2 Å². The molecule has 1 atom stereocenters. The fraction of sp³-hybridized carbons (Fsp3) is 0.250. The number of halogens is 3. The zero-order chi connectivity index (χ0) is 26.9. The summed E-state index contributed by atoms with van der Waals surface area (Å²) in [5.41, 5.74) is 0.440. The molecule has 0 saturated carbocycles. The van der Waals surface area contributed by atoms with Gasteiger partial charge >= 0.3 is 6.18 Å². The molecule has 1 aliphatic heterocycles. The third kappa shape index (κ3) is 5.35. The van der Waals surface area contributed by atoms with Crippen LogP contribution in [0.15, 0.2) is 72.4 Å². The van der Waals surface area contributed by atoms with E-state index in [9.17, 15) is 27.9 Å². The van der Waals surface area contributed by atoms with Crippen LogP contribution in [0.25, 0.3) is 5.76 Å². The normalized spacial score (nSPS) is 17.5. The first-order valence-corrected chi connectivity index (χ1v) is 11.6. The first kappa shape index (κ1) is 25.9. The maximum Gasteiger partial charge on any atom is 0.416 e. The Morgan fingerprint density at radius 3 is 2.46 bits per heavy atom. The molecule has 0 spiro atoms. The molecule has 0 radical (unpaired) electrons. The lowest BCUT2D eigenvalue weighted by Gasteiger charge is -2.25. The molecule has 1 saturated heterocycles. The Morgan fingerprint density at radius 2 is 1.84 bits per heavy atom. The van der Waals surface area contributed by atoms with Gasteiger partial charge in [-0.05, 0) is 74.4 Å². The Labute approximate surface area is 212 Å². The highest BCUT2D eigenvalue weighted by Gasteiger charge is 2.47. The molecule has 9 heteroatoms. The highest BCUT2D eigenvalue weighted by Crippen LogP contribution is 2.40. The number of aryl methyl sites for hydroxylation is 1. The van der Waals surface area contributed by atoms with E-state index in [2.05, 4.69) is 4.98 Å². The van der Waals surface area contributed by atoms with Gasteiger partial charge < -0.3 is 14.7 Å². The lowest BCUT2D eigenvalue weighted by Crippen LogP contribution is -2.29. The van der Waals surface area contributed by atoms with Crippen LogP contribution in [-0.4, -0.2) is 32.8 Å². The molecule has 192 valence electrons. The fourth-order valence-corrected chi connectivity index (χ4v) is 4.27. The van der Waals surface area contributed by atoms with E-state index >= 15 is 0 Å². The summed E-state index contributed by atoms with van der Waals surface area (Å²) in [6.07, 6.45) is -3.15. The summed E-state index contributed by atoms with van der Waals surface area (Å²) in [5, 5.41) is 11.2. The van der Waals surface area contributed by atoms with Crippen LogP contribution < -0.4 is 4.74 Å². The van der Waals surface area contributed by atoms with Crippen molar-refractivity contribution in [2.24, 2.45) is 0 Å². The minimum absolute atomic E-state index is 0.0662. The van der Waals surface area contributed by atoms with Crippen molar-refractivity contribution < 1.29 is 32.6 Å². The number of hydrogen-bond donors (Lipinski definition) is 1. The number of carbonyl (C=O) groups is 2. The van der Waals surface area contributed by atoms with Gasteiger partial charge in [0.25, 0.3) is 11.7 Å². The maximum atomic E-state index is 13.3. The molecule has 3 aromatic rings. The molecule has 37 heavy (non-hydrogen) atoms. The predicted octanol–water partition coefficient (Wildman–Crippen LogP) is 5.82. The van der Waals surface area contributed by atoms with Gasteiger partial charge in [-0.25, -0.2) is 0 Å². The fourth-order valence-electron chi connectivity index (χ4n) is 4.27. The molecule has 1 N–H and O–H groups in total. The quantitative estimate of drug-likeness (QED) is 0.257. The Kier molecular flexibility index (Phi) is 7.07. The predicted molar refractivity (Wildman–Crippen MR) is 130 cm³/mol. The van der Waals surface area contributed by atoms with Gasteiger partial charge in [-0.1, -0.05) is 18.2 Å². The van der Waals surface area contributed by atoms with Crippen molar-refractivity contribution in [3.8, 4) is 5.75 Å². The third-order valence-electron chi connectivity index (χ3n) is 5.93. The van der Waals surface area contributed by atoms with E-state index in [-0.39, 0.29) is 23.8 Å². The maximum absolute atomic E-state index is 13.3. The number of alkyl halides is 3. The highest BCUT2D eigenvalue weighted by molar-refractivity contribution is 6.46. The second-order valence-electron chi connectivity index (χ2n) is 9.03. The number of aliphatic hydroxyl groups excluding tert-OH is 1. The standard InChI is InChI=1S/C28H25F3N2O4/c1-16(2)37-22-11-10-19(13-17(22)3)25(34)23-24(21-9-4-5-12-32-21)33(27(36)26(23)35)15-18-7-6-8-20(14-18)28(29,30)31/h4-14,16,24,34H,15H2,1-3H3/b25-23+. The lowest BCUT2D eigenvalue weighted by atomic mass is 9.97. The average molecular weight is 511 g/mol. The number of benzene rings is 2. The van der Waals surface area contributed by atoms with Crippen molar-refractivity contribution in [2.45, 2.75) is 45.6 Å². The molecule has 2 heterocycles. The Morgan fingerprint density at radius 1 is 1.08 bits per heavy atom. The van der Waals surface area contributed by atoms with Crippen molar-refractivity contribution in [3.63, 3.8) is 0 Å². The number of hydrogen-bond acceptors (Lipinski definition) is 5. The van der Waals surface area contributed by atoms with Crippen molar-refractivity contribution in [1.82, 2.24) is 9.88 Å². The summed E-state index contributed by atoms with van der Waals surface area (Å²) in [7, 11) is 0. The molecular weight excluding hydrogens is 485 g/mol. The molecular formula is C28H25F3N2O4. The minimum atomic E-state index is -4.56. The Bertz CT molecular complexity index is 1370. The number of likely N-dealkylation sites (tertiary alicyclic amines) is 1. The largest absolute Gasteiger partial charge is 0.507 e. The van der Waals surface area contributed by atoms with Crippen LogP contribution in [0.1, 0.15) is 47.8 Å². The van der Waals surface area contributed by atoms with Crippen LogP contribution in [0, 0.1) is 6.92 Å². The summed E-state index contributed by atoms with van der Waals surface area (Å²) in [4.78, 5) is 31.7. The molecule has 0 bridgehead atoms. The molecule has 1 aliphatic rings. The number of aromatic nitrogens is 1. The smallest absolute Gasteiger partial charge is 0.416 e. The van der Waals surface area contributed by atoms with E-state index in [1.54, 1.807) is 43.3 Å². The number of carbonyl (C=O) groups excluding carboxylic acids is 2. The topological polar surface area (TPSA) is 79.7 Å². The summed E-state index contributed by atoms with van der Waals surface area (Å²) >= 11 is 0. The molecule has 2 aromatic carbocycles. The summed E-state index contributed by atoms with van der Waals surface area (Å²) in [5.74, 6) is -1.68. The van der Waals surface area contributed by atoms with E-state index in [1.807, 2.05) is 13.8 Å². The van der Waals surface area contributed by atoms with E-state index in [4.69, 9.17) is 4.74 Å². The number of Topliss-reactive ketones (excluding diaryl/α,β-unsaturated/α-hetero) is 1. The van der Waals surface area contributed by atoms with Crippen LogP contribution in [0.3, 0.4) is 0 Å². The molecule has 1 amide bonds. The molecule has 1 unspecified atom stereocenters. The highest BCUT2D eigenvalue weighted by atomic mass is 19.4. The first-order valence-electron chi connectivity index (χ1n) is 11.6. The van der Waals surface area contributed by atoms with Gasteiger partial charge in [-0.3, -0.25) is 14.6 Å². The van der Waals surface area contributed by atoms with Crippen LogP contribution >= 0.6 is 0 Å². The minimum Gasteiger partial charge on any atom is -0.507 e. The number of amides is 1. The monoisotopic (exact) mass is 510 g/mol. The van der Waals surface area contributed by atoms with E-state index in [0.29, 0.717) is 22.6 Å². The van der Waals surface area contributed by atoms with Crippen LogP contribution in [-0.2, 0) is 22.3 Å². The first-order chi connectivity index (χ1) is 17.5. The second kappa shape index (κ2) is 10.1. The van der Waals surface area contributed by atoms with Gasteiger partial charge in [0.1, 0.15) is 17.6 Å². The van der Waals surface area contributed by atoms with Crippen LogP contribution in [0.2, 0.25) is 0 Å². The molecule has 6 nitrogen and oxygen atoms in total. The molecule has 4 rings (SSSR count). The third-order valence-corrected chi connectivity index (χ3v) is 5.93. The zero-order valence-corrected chi connectivity index (χ0v) is 20.4. The van der Waals surface area contributed by atoms with Gasteiger partial charge in [0, 0.05) is 18.3 Å². The van der Waals surface area contributed by atoms with Crippen molar-refractivity contribution >= 4 is 17.4 Å². The number of nitrogens with zero attached hydrogens (tertiary/aromatic N) is 2. The molecule has 1 aromatic heterocycles. The summed E-state index contributed by atoms with van der Waals surface area (Å²) in [6.45, 7) is 5.27. The van der Waals surface area contributed by atoms with E-state index < -0.39 is 35.2 Å².